The highest BCUT2D eigenvalue weighted by molar-refractivity contribution is 8.05. The highest BCUT2D eigenvalue weighted by Crippen LogP contribution is 2.45. The molecule has 2 atom stereocenters. The number of urea groups is 1. The molecule has 1 saturated heterocycles. The van der Waals surface area contributed by atoms with Crippen LogP contribution in [0, 0.1) is 0 Å². The van der Waals surface area contributed by atoms with Gasteiger partial charge in [0.2, 0.25) is 0 Å². The van der Waals surface area contributed by atoms with Crippen LogP contribution in [0.15, 0.2) is 42.5 Å². The van der Waals surface area contributed by atoms with E-state index in [0.717, 1.165) is 5.56 Å². The fourth-order valence-electron chi connectivity index (χ4n) is 3.13. The molecule has 0 aromatic heterocycles. The molecule has 2 rings (SSSR count). The van der Waals surface area contributed by atoms with Crippen LogP contribution in [-0.2, 0) is 11.0 Å². The summed E-state index contributed by atoms with van der Waals surface area (Å²) >= 11 is -0.0720. The number of halogens is 2. The first-order valence-electron chi connectivity index (χ1n) is 9.45. The summed E-state index contributed by atoms with van der Waals surface area (Å²) in [5, 5.41) is 6.93. The molecule has 30 heavy (non-hydrogen) atoms. The van der Waals surface area contributed by atoms with Crippen LogP contribution < -0.4 is 0 Å². The van der Waals surface area contributed by atoms with Crippen LogP contribution in [0.1, 0.15) is 18.4 Å². The first kappa shape index (κ1) is 24.8. The Hall–Kier alpha value is -1.45. The van der Waals surface area contributed by atoms with Crippen LogP contribution in [0.2, 0.25) is 0 Å². The number of alkyl halides is 2. The van der Waals surface area contributed by atoms with Gasteiger partial charge in [-0.3, -0.25) is 4.57 Å². The Morgan fingerprint density at radius 1 is 1.33 bits per heavy atom. The quantitative estimate of drug-likeness (QED) is 0.344. The Balaban J connectivity index is 1.88. The minimum Gasteiger partial charge on any atom is -0.389 e. The molecule has 0 bridgehead atoms. The molecule has 1 aromatic rings. The standard InChI is InChI=1S/C19H27F2N2O5PS/c1-22-13-16(8-9-17(24)12-15-6-3-2-4-7-15)23(18(22)25)11-5-10-19(20,21)30-14-29(26,27)28/h2-4,6-9,16-17,24H,5,10-14H2,1H3,(H2,26,27,28). The summed E-state index contributed by atoms with van der Waals surface area (Å²) in [6.07, 6.45) is 2.41. The molecule has 11 heteroatoms. The van der Waals surface area contributed by atoms with E-state index < -0.39 is 30.9 Å². The molecule has 0 saturated carbocycles. The van der Waals surface area contributed by atoms with Crippen LogP contribution in [0.25, 0.3) is 0 Å². The van der Waals surface area contributed by atoms with Gasteiger partial charge >= 0.3 is 13.6 Å². The smallest absolute Gasteiger partial charge is 0.335 e. The second-order valence-electron chi connectivity index (χ2n) is 7.24. The van der Waals surface area contributed by atoms with E-state index in [1.165, 1.54) is 9.80 Å². The first-order valence-corrected chi connectivity index (χ1v) is 12.2. The van der Waals surface area contributed by atoms with Crippen LogP contribution in [0.5, 0.6) is 0 Å². The van der Waals surface area contributed by atoms with Crippen LogP contribution >= 0.6 is 19.4 Å². The zero-order valence-corrected chi connectivity index (χ0v) is 18.3. The summed E-state index contributed by atoms with van der Waals surface area (Å²) in [6, 6.07) is 8.83. The molecule has 1 heterocycles. The van der Waals surface area contributed by atoms with Gasteiger partial charge in [0.05, 0.1) is 12.1 Å². The van der Waals surface area contributed by atoms with Crippen molar-refractivity contribution in [3.63, 3.8) is 0 Å². The van der Waals surface area contributed by atoms with Crippen molar-refractivity contribution in [1.82, 2.24) is 9.80 Å². The predicted octanol–water partition coefficient (Wildman–Crippen LogP) is 3.12. The molecule has 0 radical (unpaired) electrons. The molecule has 0 aliphatic carbocycles. The molecule has 168 valence electrons. The number of rotatable bonds is 11. The van der Waals surface area contributed by atoms with Crippen molar-refractivity contribution in [2.24, 2.45) is 0 Å². The average Bonchev–Trinajstić information content (AvgIpc) is 2.93. The maximum Gasteiger partial charge on any atom is 0.335 e. The first-order chi connectivity index (χ1) is 14.0. The van der Waals surface area contributed by atoms with E-state index in [1.807, 2.05) is 30.3 Å². The van der Waals surface area contributed by atoms with Crippen LogP contribution in [0.4, 0.5) is 13.6 Å². The summed E-state index contributed by atoms with van der Waals surface area (Å²) in [5.74, 6) is 0. The summed E-state index contributed by atoms with van der Waals surface area (Å²) < 4.78 is 38.4. The minimum atomic E-state index is -4.51. The maximum atomic E-state index is 13.8. The van der Waals surface area contributed by atoms with Gasteiger partial charge in [-0.2, -0.15) is 8.78 Å². The van der Waals surface area contributed by atoms with Gasteiger partial charge < -0.3 is 24.7 Å². The Morgan fingerprint density at radius 3 is 2.63 bits per heavy atom. The van der Waals surface area contributed by atoms with Gasteiger partial charge in [-0.15, -0.1) is 0 Å². The molecule has 3 N–H and O–H groups in total. The lowest BCUT2D eigenvalue weighted by Crippen LogP contribution is -2.35. The number of thioether (sulfide) groups is 1. The summed E-state index contributed by atoms with van der Waals surface area (Å²) in [6.45, 7) is 0.468. The number of hydrogen-bond donors (Lipinski definition) is 3. The van der Waals surface area contributed by atoms with Crippen molar-refractivity contribution >= 4 is 25.4 Å². The van der Waals surface area contributed by atoms with E-state index in [0.29, 0.717) is 13.0 Å². The Bertz CT molecular complexity index is 777. The molecule has 7 nitrogen and oxygen atoms in total. The largest absolute Gasteiger partial charge is 0.389 e. The number of carbonyl (C=O) groups excluding carboxylic acids is 1. The predicted molar refractivity (Wildman–Crippen MR) is 112 cm³/mol. The molecule has 1 aromatic carbocycles. The van der Waals surface area contributed by atoms with E-state index in [4.69, 9.17) is 9.79 Å². The van der Waals surface area contributed by atoms with Gasteiger partial charge in [-0.25, -0.2) is 4.79 Å². The number of carbonyl (C=O) groups is 1. The van der Waals surface area contributed by atoms with E-state index in [2.05, 4.69) is 0 Å². The van der Waals surface area contributed by atoms with E-state index >= 15 is 0 Å². The number of hydrogen-bond acceptors (Lipinski definition) is 4. The highest BCUT2D eigenvalue weighted by Gasteiger charge is 2.36. The van der Waals surface area contributed by atoms with Crippen LogP contribution in [-0.4, -0.2) is 73.8 Å². The number of aliphatic hydroxyl groups excluding tert-OH is 1. The van der Waals surface area contributed by atoms with Crippen molar-refractivity contribution in [3.8, 4) is 0 Å². The Labute approximate surface area is 178 Å². The Kier molecular flexibility index (Phi) is 8.87. The van der Waals surface area contributed by atoms with Gasteiger partial charge in [-0.05, 0) is 12.0 Å². The third-order valence-corrected chi connectivity index (χ3v) is 7.08. The third kappa shape index (κ3) is 8.35. The average molecular weight is 464 g/mol. The molecule has 1 fully saturated rings. The SMILES string of the molecule is CN1CC(C=CC(O)Cc2ccccc2)N(CCCC(F)(F)SCP(=O)(O)O)C1=O. The van der Waals surface area contributed by atoms with Gasteiger partial charge in [0.15, 0.2) is 0 Å². The lowest BCUT2D eigenvalue weighted by atomic mass is 10.1. The second-order valence-corrected chi connectivity index (χ2v) is 10.5. The lowest BCUT2D eigenvalue weighted by molar-refractivity contribution is 0.0894. The molecular formula is C19H27F2N2O5PS. The van der Waals surface area contributed by atoms with Crippen molar-refractivity contribution in [1.29, 1.82) is 0 Å². The minimum absolute atomic E-state index is 0.0162. The number of amides is 2. The normalized spacial score (nSPS) is 19.1. The fourth-order valence-corrected chi connectivity index (χ4v) is 4.85. The lowest BCUT2D eigenvalue weighted by Gasteiger charge is -2.23. The Morgan fingerprint density at radius 2 is 2.00 bits per heavy atom. The van der Waals surface area contributed by atoms with Gasteiger partial charge in [0.25, 0.3) is 5.25 Å². The number of aliphatic hydroxyl groups is 1. The third-order valence-electron chi connectivity index (χ3n) is 4.59. The van der Waals surface area contributed by atoms with E-state index in [-0.39, 0.29) is 36.8 Å². The summed E-state index contributed by atoms with van der Waals surface area (Å²) in [5.41, 5.74) is 0.0249. The molecular weight excluding hydrogens is 437 g/mol. The van der Waals surface area contributed by atoms with Crippen molar-refractivity contribution in [2.45, 2.75) is 36.7 Å². The monoisotopic (exact) mass is 464 g/mol. The maximum absolute atomic E-state index is 13.8. The summed E-state index contributed by atoms with van der Waals surface area (Å²) in [7, 11) is -2.89. The number of nitrogens with zero attached hydrogens (tertiary/aromatic N) is 2. The molecule has 1 aliphatic rings. The molecule has 0 spiro atoms. The van der Waals surface area contributed by atoms with Gasteiger partial charge in [0.1, 0.15) is 5.49 Å². The van der Waals surface area contributed by atoms with Gasteiger partial charge in [-0.1, -0.05) is 54.2 Å². The second kappa shape index (κ2) is 10.7. The molecule has 2 amide bonds. The summed E-state index contributed by atoms with van der Waals surface area (Å²) in [4.78, 5) is 32.8. The van der Waals surface area contributed by atoms with Crippen LogP contribution in [0.3, 0.4) is 0 Å². The van der Waals surface area contributed by atoms with Gasteiger partial charge in [0, 0.05) is 33.0 Å². The molecule has 1 aliphatic heterocycles. The van der Waals surface area contributed by atoms with Crippen molar-refractivity contribution in [3.05, 3.63) is 48.0 Å². The van der Waals surface area contributed by atoms with E-state index in [1.54, 1.807) is 19.2 Å². The fraction of sp³-hybridized carbons (Fsp3) is 0.526. The van der Waals surface area contributed by atoms with E-state index in [9.17, 15) is 23.2 Å². The highest BCUT2D eigenvalue weighted by atomic mass is 32.2. The van der Waals surface area contributed by atoms with Crippen molar-refractivity contribution in [2.75, 3.05) is 25.6 Å². The molecule has 2 unspecified atom stereocenters. The topological polar surface area (TPSA) is 101 Å². The zero-order valence-electron chi connectivity index (χ0n) is 16.6. The number of likely N-dealkylation sites (N-methyl/N-ethyl adjacent to an activating group) is 1. The number of benzene rings is 1. The zero-order chi connectivity index (χ0) is 22.4. The van der Waals surface area contributed by atoms with Crippen molar-refractivity contribution < 1.29 is 33.0 Å².